The van der Waals surface area contributed by atoms with Crippen molar-refractivity contribution >= 4 is 43.7 Å². The van der Waals surface area contributed by atoms with Crippen molar-refractivity contribution in [2.24, 2.45) is 0 Å². The second kappa shape index (κ2) is 6.72. The van der Waals surface area contributed by atoms with Crippen LogP contribution in [0, 0.1) is 0 Å². The van der Waals surface area contributed by atoms with Crippen LogP contribution in [0.2, 0.25) is 0 Å². The minimum atomic E-state index is -0.161. The number of likely N-dealkylation sites (tertiary alicyclic amines) is 1. The predicted octanol–water partition coefficient (Wildman–Crippen LogP) is 2.91. The number of hydrogen-bond acceptors (Lipinski definition) is 2. The quantitative estimate of drug-likeness (QED) is 0.778. The van der Waals surface area contributed by atoms with E-state index in [0.29, 0.717) is 5.56 Å². The molecule has 0 radical (unpaired) electrons. The Labute approximate surface area is 135 Å². The van der Waals surface area contributed by atoms with Crippen LogP contribution in [0.25, 0.3) is 0 Å². The average molecular weight is 404 g/mol. The number of halogens is 2. The van der Waals surface area contributed by atoms with Gasteiger partial charge in [0, 0.05) is 29.1 Å². The zero-order valence-electron chi connectivity index (χ0n) is 11.2. The van der Waals surface area contributed by atoms with Crippen molar-refractivity contribution in [2.45, 2.75) is 12.8 Å². The molecule has 2 amide bonds. The van der Waals surface area contributed by atoms with Crippen molar-refractivity contribution in [3.05, 3.63) is 32.7 Å². The zero-order valence-corrected chi connectivity index (χ0v) is 14.4. The lowest BCUT2D eigenvalue weighted by Crippen LogP contribution is -2.39. The van der Waals surface area contributed by atoms with Gasteiger partial charge in [-0.05, 0) is 47.0 Å². The summed E-state index contributed by atoms with van der Waals surface area (Å²) in [5, 5.41) is 0. The summed E-state index contributed by atoms with van der Waals surface area (Å²) in [7, 11) is 1.66. The molecule has 1 aliphatic rings. The van der Waals surface area contributed by atoms with Gasteiger partial charge >= 0.3 is 0 Å². The Bertz CT molecular complexity index is 528. The second-order valence-electron chi connectivity index (χ2n) is 4.87. The summed E-state index contributed by atoms with van der Waals surface area (Å²) in [6, 6.07) is 5.42. The third kappa shape index (κ3) is 3.61. The minimum absolute atomic E-state index is 0.0180. The van der Waals surface area contributed by atoms with E-state index < -0.39 is 0 Å². The van der Waals surface area contributed by atoms with E-state index in [1.165, 1.54) is 4.90 Å². The summed E-state index contributed by atoms with van der Waals surface area (Å²) in [5.74, 6) is -0.143. The molecule has 1 aromatic rings. The highest BCUT2D eigenvalue weighted by Crippen LogP contribution is 2.22. The Kier molecular flexibility index (Phi) is 5.21. The molecule has 1 aliphatic heterocycles. The summed E-state index contributed by atoms with van der Waals surface area (Å²) < 4.78 is 1.56. The van der Waals surface area contributed by atoms with E-state index in [1.54, 1.807) is 13.1 Å². The lowest BCUT2D eigenvalue weighted by atomic mass is 10.2. The second-order valence-corrected chi connectivity index (χ2v) is 6.64. The van der Waals surface area contributed by atoms with Gasteiger partial charge in [-0.2, -0.15) is 0 Å². The standard InChI is InChI=1S/C14H16Br2N2O2/c1-17(9-13(19)18-6-2-3-7-18)14(20)11-8-10(15)4-5-12(11)16/h4-5,8H,2-3,6-7,9H2,1H3. The normalized spacial score (nSPS) is 14.4. The number of carbonyl (C=O) groups is 2. The molecule has 0 saturated carbocycles. The number of benzene rings is 1. The SMILES string of the molecule is CN(CC(=O)N1CCCC1)C(=O)c1cc(Br)ccc1Br. The molecular weight excluding hydrogens is 388 g/mol. The predicted molar refractivity (Wildman–Crippen MR) is 84.6 cm³/mol. The highest BCUT2D eigenvalue weighted by molar-refractivity contribution is 9.11. The Morgan fingerprint density at radius 2 is 1.90 bits per heavy atom. The molecule has 6 heteroatoms. The van der Waals surface area contributed by atoms with Crippen LogP contribution in [0.5, 0.6) is 0 Å². The summed E-state index contributed by atoms with van der Waals surface area (Å²) in [6.45, 7) is 1.74. The van der Waals surface area contributed by atoms with Gasteiger partial charge in [-0.25, -0.2) is 0 Å². The van der Waals surface area contributed by atoms with Crippen LogP contribution in [0.3, 0.4) is 0 Å². The van der Waals surface area contributed by atoms with Crippen LogP contribution in [-0.2, 0) is 4.79 Å². The zero-order chi connectivity index (χ0) is 14.7. The molecular formula is C14H16Br2N2O2. The minimum Gasteiger partial charge on any atom is -0.341 e. The van der Waals surface area contributed by atoms with E-state index in [-0.39, 0.29) is 18.4 Å². The van der Waals surface area contributed by atoms with Crippen LogP contribution >= 0.6 is 31.9 Å². The molecule has 0 N–H and O–H groups in total. The summed E-state index contributed by atoms with van der Waals surface area (Å²) in [6.07, 6.45) is 2.11. The largest absolute Gasteiger partial charge is 0.341 e. The third-order valence-electron chi connectivity index (χ3n) is 3.34. The van der Waals surface area contributed by atoms with E-state index in [4.69, 9.17) is 0 Å². The molecule has 0 bridgehead atoms. The Balaban J connectivity index is 2.04. The molecule has 0 aliphatic carbocycles. The van der Waals surface area contributed by atoms with E-state index in [2.05, 4.69) is 31.9 Å². The molecule has 0 atom stereocenters. The monoisotopic (exact) mass is 402 g/mol. The van der Waals surface area contributed by atoms with Gasteiger partial charge in [-0.1, -0.05) is 15.9 Å². The van der Waals surface area contributed by atoms with E-state index in [9.17, 15) is 9.59 Å². The van der Waals surface area contributed by atoms with E-state index >= 15 is 0 Å². The number of nitrogens with zero attached hydrogens (tertiary/aromatic N) is 2. The molecule has 1 fully saturated rings. The molecule has 0 aromatic heterocycles. The summed E-state index contributed by atoms with van der Waals surface area (Å²) in [5.41, 5.74) is 0.552. The van der Waals surface area contributed by atoms with Crippen molar-refractivity contribution in [1.29, 1.82) is 0 Å². The first-order chi connectivity index (χ1) is 9.49. The maximum absolute atomic E-state index is 12.4. The van der Waals surface area contributed by atoms with Crippen molar-refractivity contribution in [1.82, 2.24) is 9.80 Å². The highest BCUT2D eigenvalue weighted by atomic mass is 79.9. The number of amides is 2. The van der Waals surface area contributed by atoms with Gasteiger partial charge in [-0.15, -0.1) is 0 Å². The summed E-state index contributed by atoms with van der Waals surface area (Å²) in [4.78, 5) is 27.7. The Morgan fingerprint density at radius 1 is 1.25 bits per heavy atom. The molecule has 2 rings (SSSR count). The van der Waals surface area contributed by atoms with E-state index in [1.807, 2.05) is 17.0 Å². The first-order valence-electron chi connectivity index (χ1n) is 6.47. The van der Waals surface area contributed by atoms with Gasteiger partial charge in [0.2, 0.25) is 5.91 Å². The lowest BCUT2D eigenvalue weighted by Gasteiger charge is -2.21. The van der Waals surface area contributed by atoms with Gasteiger partial charge in [0.25, 0.3) is 5.91 Å². The average Bonchev–Trinajstić information content (AvgIpc) is 2.94. The Morgan fingerprint density at radius 3 is 2.55 bits per heavy atom. The fraction of sp³-hybridized carbons (Fsp3) is 0.429. The number of likely N-dealkylation sites (N-methyl/N-ethyl adjacent to an activating group) is 1. The van der Waals surface area contributed by atoms with Crippen LogP contribution < -0.4 is 0 Å². The third-order valence-corrected chi connectivity index (χ3v) is 4.52. The molecule has 108 valence electrons. The molecule has 0 spiro atoms. The molecule has 20 heavy (non-hydrogen) atoms. The smallest absolute Gasteiger partial charge is 0.255 e. The number of carbonyl (C=O) groups excluding carboxylic acids is 2. The first-order valence-corrected chi connectivity index (χ1v) is 8.06. The highest BCUT2D eigenvalue weighted by Gasteiger charge is 2.22. The molecule has 1 saturated heterocycles. The number of hydrogen-bond donors (Lipinski definition) is 0. The molecule has 1 aromatic carbocycles. The van der Waals surface area contributed by atoms with Gasteiger partial charge in [0.05, 0.1) is 12.1 Å². The van der Waals surface area contributed by atoms with Gasteiger partial charge < -0.3 is 9.80 Å². The molecule has 1 heterocycles. The van der Waals surface area contributed by atoms with Crippen LogP contribution in [-0.4, -0.2) is 48.3 Å². The van der Waals surface area contributed by atoms with Crippen molar-refractivity contribution < 1.29 is 9.59 Å². The van der Waals surface area contributed by atoms with Crippen LogP contribution in [0.1, 0.15) is 23.2 Å². The molecule has 0 unspecified atom stereocenters. The molecule has 4 nitrogen and oxygen atoms in total. The van der Waals surface area contributed by atoms with Gasteiger partial charge in [0.15, 0.2) is 0 Å². The fourth-order valence-electron chi connectivity index (χ4n) is 2.21. The van der Waals surface area contributed by atoms with Crippen molar-refractivity contribution in [3.8, 4) is 0 Å². The van der Waals surface area contributed by atoms with Gasteiger partial charge in [-0.3, -0.25) is 9.59 Å². The Hall–Kier alpha value is -0.880. The van der Waals surface area contributed by atoms with Crippen LogP contribution in [0.4, 0.5) is 0 Å². The lowest BCUT2D eigenvalue weighted by molar-refractivity contribution is -0.130. The van der Waals surface area contributed by atoms with Crippen molar-refractivity contribution in [3.63, 3.8) is 0 Å². The van der Waals surface area contributed by atoms with E-state index in [0.717, 1.165) is 34.9 Å². The first kappa shape index (κ1) is 15.5. The maximum Gasteiger partial charge on any atom is 0.255 e. The van der Waals surface area contributed by atoms with Crippen molar-refractivity contribution in [2.75, 3.05) is 26.7 Å². The summed E-state index contributed by atoms with van der Waals surface area (Å²) >= 11 is 6.72. The van der Waals surface area contributed by atoms with Gasteiger partial charge in [0.1, 0.15) is 0 Å². The fourth-order valence-corrected chi connectivity index (χ4v) is 2.99. The van der Waals surface area contributed by atoms with Crippen LogP contribution in [0.15, 0.2) is 27.1 Å². The maximum atomic E-state index is 12.4. The number of rotatable bonds is 3. The topological polar surface area (TPSA) is 40.6 Å².